The van der Waals surface area contributed by atoms with E-state index in [0.29, 0.717) is 15.1 Å². The minimum absolute atomic E-state index is 0.0292. The van der Waals surface area contributed by atoms with E-state index in [1.165, 1.54) is 0 Å². The highest BCUT2D eigenvalue weighted by molar-refractivity contribution is 9.10. The second-order valence-electron chi connectivity index (χ2n) is 4.42. The van der Waals surface area contributed by atoms with Crippen LogP contribution in [0.2, 0.25) is 5.02 Å². The molecule has 3 nitrogen and oxygen atoms in total. The maximum Gasteiger partial charge on any atom is 0.136 e. The van der Waals surface area contributed by atoms with Gasteiger partial charge in [0.2, 0.25) is 0 Å². The summed E-state index contributed by atoms with van der Waals surface area (Å²) in [5.74, 6) is 0.0292. The van der Waals surface area contributed by atoms with Crippen LogP contribution >= 0.6 is 27.5 Å². The highest BCUT2D eigenvalue weighted by Gasteiger charge is 2.31. The van der Waals surface area contributed by atoms with Gasteiger partial charge >= 0.3 is 0 Å². The first kappa shape index (κ1) is 13.8. The molecule has 16 heavy (non-hydrogen) atoms. The second kappa shape index (κ2) is 4.92. The fourth-order valence-electron chi connectivity index (χ4n) is 1.34. The van der Waals surface area contributed by atoms with Crippen LogP contribution in [0.4, 0.5) is 0 Å². The maximum atomic E-state index is 9.91. The van der Waals surface area contributed by atoms with Gasteiger partial charge in [0.05, 0.1) is 4.47 Å². The number of phenols is 1. The number of halogens is 2. The molecule has 0 aliphatic heterocycles. The zero-order valence-corrected chi connectivity index (χ0v) is 11.5. The number of benzene rings is 1. The first-order valence-corrected chi connectivity index (χ1v) is 6.01. The largest absolute Gasteiger partial charge is 0.506 e. The van der Waals surface area contributed by atoms with Gasteiger partial charge in [0.1, 0.15) is 5.75 Å². The number of hydrogen-bond acceptors (Lipinski definition) is 3. The summed E-state index contributed by atoms with van der Waals surface area (Å²) >= 11 is 9.23. The van der Waals surface area contributed by atoms with Crippen molar-refractivity contribution in [2.75, 3.05) is 6.61 Å². The van der Waals surface area contributed by atoms with Crippen molar-refractivity contribution >= 4 is 27.5 Å². The van der Waals surface area contributed by atoms with Crippen molar-refractivity contribution in [2.24, 2.45) is 11.1 Å². The number of aromatic hydroxyl groups is 1. The molecule has 5 heteroatoms. The second-order valence-corrected chi connectivity index (χ2v) is 5.68. The lowest BCUT2D eigenvalue weighted by molar-refractivity contribution is 0.131. The van der Waals surface area contributed by atoms with Gasteiger partial charge in [-0.3, -0.25) is 0 Å². The van der Waals surface area contributed by atoms with E-state index >= 15 is 0 Å². The molecule has 0 saturated heterocycles. The molecule has 1 aromatic rings. The van der Waals surface area contributed by atoms with E-state index in [1.807, 2.05) is 13.8 Å². The number of nitrogens with two attached hydrogens (primary N) is 1. The molecule has 0 aliphatic carbocycles. The van der Waals surface area contributed by atoms with Crippen LogP contribution in [0.1, 0.15) is 25.5 Å². The standard InChI is InChI=1S/C11H15BrClNO2/c1-11(2,5-15)10(14)8-7(13)4-3-6(12)9(8)16/h3-4,10,15-16H,5,14H2,1-2H3/t10-/m0/s1. The summed E-state index contributed by atoms with van der Waals surface area (Å²) in [7, 11) is 0. The van der Waals surface area contributed by atoms with Crippen molar-refractivity contribution in [3.8, 4) is 5.75 Å². The van der Waals surface area contributed by atoms with Gasteiger partial charge in [-0.15, -0.1) is 0 Å². The molecular formula is C11H15BrClNO2. The Kier molecular flexibility index (Phi) is 4.23. The van der Waals surface area contributed by atoms with E-state index in [1.54, 1.807) is 12.1 Å². The van der Waals surface area contributed by atoms with Gasteiger partial charge in [-0.05, 0) is 28.1 Å². The first-order valence-electron chi connectivity index (χ1n) is 4.84. The molecule has 0 heterocycles. The predicted octanol–water partition coefficient (Wildman–Crippen LogP) is 2.83. The molecule has 0 radical (unpaired) electrons. The first-order chi connectivity index (χ1) is 7.31. The van der Waals surface area contributed by atoms with Gasteiger partial charge < -0.3 is 15.9 Å². The van der Waals surface area contributed by atoms with E-state index < -0.39 is 11.5 Å². The molecule has 0 bridgehead atoms. The van der Waals surface area contributed by atoms with Crippen LogP contribution in [-0.2, 0) is 0 Å². The minimum Gasteiger partial charge on any atom is -0.506 e. The Morgan fingerprint density at radius 1 is 1.50 bits per heavy atom. The highest BCUT2D eigenvalue weighted by atomic mass is 79.9. The Balaban J connectivity index is 3.28. The molecule has 1 aromatic carbocycles. The number of rotatable bonds is 3. The van der Waals surface area contributed by atoms with Gasteiger partial charge in [-0.25, -0.2) is 0 Å². The molecule has 0 saturated carbocycles. The van der Waals surface area contributed by atoms with Crippen LogP contribution in [0.15, 0.2) is 16.6 Å². The SMILES string of the molecule is CC(C)(CO)[C@@H](N)c1c(Cl)ccc(Br)c1O. The van der Waals surface area contributed by atoms with Crippen LogP contribution in [-0.4, -0.2) is 16.8 Å². The monoisotopic (exact) mass is 307 g/mol. The zero-order valence-electron chi connectivity index (χ0n) is 9.17. The Hall–Kier alpha value is -0.290. The Bertz CT molecular complexity index is 396. The maximum absolute atomic E-state index is 9.91. The van der Waals surface area contributed by atoms with Gasteiger partial charge in [0, 0.05) is 28.6 Å². The number of aliphatic hydroxyl groups is 1. The summed E-state index contributed by atoms with van der Waals surface area (Å²) in [6, 6.07) is 2.77. The third kappa shape index (κ3) is 2.51. The summed E-state index contributed by atoms with van der Waals surface area (Å²) in [5.41, 5.74) is 5.93. The molecule has 0 aromatic heterocycles. The molecule has 1 rings (SSSR count). The number of phenolic OH excluding ortho intramolecular Hbond substituents is 1. The fraction of sp³-hybridized carbons (Fsp3) is 0.455. The van der Waals surface area contributed by atoms with Crippen LogP contribution < -0.4 is 5.73 Å². The van der Waals surface area contributed by atoms with E-state index in [0.717, 1.165) is 0 Å². The molecule has 0 amide bonds. The Morgan fingerprint density at radius 3 is 2.56 bits per heavy atom. The Morgan fingerprint density at radius 2 is 2.06 bits per heavy atom. The molecule has 0 unspecified atom stereocenters. The minimum atomic E-state index is -0.554. The lowest BCUT2D eigenvalue weighted by Crippen LogP contribution is -2.32. The summed E-state index contributed by atoms with van der Waals surface area (Å²) in [5, 5.41) is 19.6. The van der Waals surface area contributed by atoms with Crippen molar-refractivity contribution < 1.29 is 10.2 Å². The van der Waals surface area contributed by atoms with Crippen molar-refractivity contribution in [3.63, 3.8) is 0 Å². The lowest BCUT2D eigenvalue weighted by Gasteiger charge is -2.30. The third-order valence-corrected chi connectivity index (χ3v) is 3.64. The predicted molar refractivity (Wildman–Crippen MR) is 68.6 cm³/mol. The van der Waals surface area contributed by atoms with Gasteiger partial charge in [0.25, 0.3) is 0 Å². The van der Waals surface area contributed by atoms with Crippen LogP contribution in [0, 0.1) is 5.41 Å². The average molecular weight is 309 g/mol. The van der Waals surface area contributed by atoms with Gasteiger partial charge in [-0.2, -0.15) is 0 Å². The molecule has 0 aliphatic rings. The van der Waals surface area contributed by atoms with Crippen molar-refractivity contribution in [1.29, 1.82) is 0 Å². The number of hydrogen-bond donors (Lipinski definition) is 3. The molecule has 90 valence electrons. The van der Waals surface area contributed by atoms with E-state index in [-0.39, 0.29) is 12.4 Å². The highest BCUT2D eigenvalue weighted by Crippen LogP contribution is 2.42. The molecule has 4 N–H and O–H groups in total. The Labute approximate surface area is 108 Å². The summed E-state index contributed by atoms with van der Waals surface area (Å²) in [6.07, 6.45) is 0. The quantitative estimate of drug-likeness (QED) is 0.804. The summed E-state index contributed by atoms with van der Waals surface area (Å²) in [6.45, 7) is 3.54. The topological polar surface area (TPSA) is 66.5 Å². The average Bonchev–Trinajstić information content (AvgIpc) is 2.24. The molecule has 0 fully saturated rings. The van der Waals surface area contributed by atoms with Crippen molar-refractivity contribution in [1.82, 2.24) is 0 Å². The van der Waals surface area contributed by atoms with Crippen LogP contribution in [0.25, 0.3) is 0 Å². The van der Waals surface area contributed by atoms with Crippen LogP contribution in [0.5, 0.6) is 5.75 Å². The zero-order chi connectivity index (χ0) is 12.5. The van der Waals surface area contributed by atoms with Gasteiger partial charge in [0.15, 0.2) is 0 Å². The third-order valence-electron chi connectivity index (χ3n) is 2.68. The summed E-state index contributed by atoms with van der Waals surface area (Å²) < 4.78 is 0.538. The fourth-order valence-corrected chi connectivity index (χ4v) is 1.96. The lowest BCUT2D eigenvalue weighted by atomic mass is 9.81. The smallest absolute Gasteiger partial charge is 0.136 e. The summed E-state index contributed by atoms with van der Waals surface area (Å²) in [4.78, 5) is 0. The molecule has 1 atom stereocenters. The normalized spacial score (nSPS) is 13.9. The van der Waals surface area contributed by atoms with E-state index in [2.05, 4.69) is 15.9 Å². The molecular weight excluding hydrogens is 293 g/mol. The van der Waals surface area contributed by atoms with Gasteiger partial charge in [-0.1, -0.05) is 25.4 Å². The van der Waals surface area contributed by atoms with E-state index in [4.69, 9.17) is 17.3 Å². The van der Waals surface area contributed by atoms with Crippen molar-refractivity contribution in [3.05, 3.63) is 27.2 Å². The van der Waals surface area contributed by atoms with Crippen molar-refractivity contribution in [2.45, 2.75) is 19.9 Å². The molecule has 0 spiro atoms. The number of aliphatic hydroxyl groups excluding tert-OH is 1. The van der Waals surface area contributed by atoms with Crippen LogP contribution in [0.3, 0.4) is 0 Å². The van der Waals surface area contributed by atoms with E-state index in [9.17, 15) is 10.2 Å².